The number of Topliss-reactive ketones (excluding diaryl/α,β-unsaturated/α-hetero) is 1. The Hall–Kier alpha value is -3.81. The molecule has 38 heavy (non-hydrogen) atoms. The predicted octanol–water partition coefficient (Wildman–Crippen LogP) is 5.16. The standard InChI is InChI=1S/C29H20Cl2N2O5/c30-16-5-7-19(20(31)13-16)27(34)26-24-23(25-18-4-2-1-3-15(18)9-10-32(25)26)28(35)33(29(24)36)17-6-8-21-22(14-17)38-12-11-37-21/h1-10,13-14,23-26H,11-12H2/t23-,24-,25+,26+/m0/s1. The number of amides is 2. The normalized spacial score (nSPS) is 24.8. The lowest BCUT2D eigenvalue weighted by atomic mass is 9.83. The van der Waals surface area contributed by atoms with E-state index in [1.54, 1.807) is 30.3 Å². The second-order valence-corrected chi connectivity index (χ2v) is 10.5. The molecular formula is C29H20Cl2N2O5. The van der Waals surface area contributed by atoms with Gasteiger partial charge in [-0.15, -0.1) is 0 Å². The highest BCUT2D eigenvalue weighted by atomic mass is 35.5. The average molecular weight is 547 g/mol. The minimum absolute atomic E-state index is 0.198. The molecule has 0 spiro atoms. The Morgan fingerprint density at radius 2 is 1.63 bits per heavy atom. The summed E-state index contributed by atoms with van der Waals surface area (Å²) in [5.41, 5.74) is 2.49. The number of hydrogen-bond donors (Lipinski definition) is 0. The molecule has 2 amide bonds. The summed E-state index contributed by atoms with van der Waals surface area (Å²) >= 11 is 12.5. The summed E-state index contributed by atoms with van der Waals surface area (Å²) in [7, 11) is 0. The van der Waals surface area contributed by atoms with Gasteiger partial charge in [-0.2, -0.15) is 0 Å². The van der Waals surface area contributed by atoms with Crippen molar-refractivity contribution in [2.24, 2.45) is 11.8 Å². The smallest absolute Gasteiger partial charge is 0.240 e. The fraction of sp³-hybridized carbons (Fsp3) is 0.207. The van der Waals surface area contributed by atoms with E-state index >= 15 is 0 Å². The van der Waals surface area contributed by atoms with Gasteiger partial charge in [0.15, 0.2) is 17.3 Å². The van der Waals surface area contributed by atoms with Gasteiger partial charge >= 0.3 is 0 Å². The molecule has 4 aliphatic rings. The van der Waals surface area contributed by atoms with Crippen molar-refractivity contribution < 1.29 is 23.9 Å². The van der Waals surface area contributed by atoms with E-state index in [0.29, 0.717) is 35.4 Å². The molecule has 0 unspecified atom stereocenters. The van der Waals surface area contributed by atoms with Crippen LogP contribution in [0, 0.1) is 11.8 Å². The molecule has 3 aromatic rings. The van der Waals surface area contributed by atoms with Crippen molar-refractivity contribution in [3.8, 4) is 11.5 Å². The monoisotopic (exact) mass is 546 g/mol. The second kappa shape index (κ2) is 8.61. The molecular weight excluding hydrogens is 527 g/mol. The molecule has 2 saturated heterocycles. The fourth-order valence-electron chi connectivity index (χ4n) is 6.13. The molecule has 190 valence electrons. The zero-order valence-corrected chi connectivity index (χ0v) is 21.4. The number of rotatable bonds is 3. The summed E-state index contributed by atoms with van der Waals surface area (Å²) < 4.78 is 11.3. The van der Waals surface area contributed by atoms with Crippen LogP contribution in [0.1, 0.15) is 27.5 Å². The number of halogens is 2. The lowest BCUT2D eigenvalue weighted by molar-refractivity contribution is -0.123. The highest BCUT2D eigenvalue weighted by molar-refractivity contribution is 6.37. The zero-order chi connectivity index (χ0) is 26.1. The van der Waals surface area contributed by atoms with Crippen molar-refractivity contribution in [1.29, 1.82) is 0 Å². The second-order valence-electron chi connectivity index (χ2n) is 9.66. The number of carbonyl (C=O) groups is 3. The topological polar surface area (TPSA) is 76.1 Å². The van der Waals surface area contributed by atoms with Crippen molar-refractivity contribution in [3.63, 3.8) is 0 Å². The number of imide groups is 1. The first-order valence-electron chi connectivity index (χ1n) is 12.3. The van der Waals surface area contributed by atoms with Gasteiger partial charge in [-0.3, -0.25) is 14.4 Å². The lowest BCUT2D eigenvalue weighted by Gasteiger charge is -2.35. The molecule has 4 aliphatic heterocycles. The molecule has 4 atom stereocenters. The number of hydrogen-bond acceptors (Lipinski definition) is 6. The lowest BCUT2D eigenvalue weighted by Crippen LogP contribution is -2.44. The van der Waals surface area contributed by atoms with Gasteiger partial charge in [0.25, 0.3) is 0 Å². The van der Waals surface area contributed by atoms with E-state index in [0.717, 1.165) is 11.1 Å². The summed E-state index contributed by atoms with van der Waals surface area (Å²) in [6, 6.07) is 16.0. The molecule has 0 saturated carbocycles. The third-order valence-electron chi connectivity index (χ3n) is 7.71. The Kier molecular flexibility index (Phi) is 5.29. The van der Waals surface area contributed by atoms with Crippen molar-refractivity contribution in [1.82, 2.24) is 4.90 Å². The van der Waals surface area contributed by atoms with Crippen LogP contribution in [0.3, 0.4) is 0 Å². The third kappa shape index (κ3) is 3.32. The van der Waals surface area contributed by atoms with Crippen LogP contribution in [0.4, 0.5) is 5.69 Å². The largest absolute Gasteiger partial charge is 0.486 e. The molecule has 0 bridgehead atoms. The molecule has 4 heterocycles. The van der Waals surface area contributed by atoms with Crippen LogP contribution in [0.2, 0.25) is 10.0 Å². The van der Waals surface area contributed by atoms with Crippen LogP contribution in [0.5, 0.6) is 11.5 Å². The van der Waals surface area contributed by atoms with Crippen LogP contribution in [-0.4, -0.2) is 41.8 Å². The molecule has 7 nitrogen and oxygen atoms in total. The van der Waals surface area contributed by atoms with E-state index in [9.17, 15) is 14.4 Å². The molecule has 7 rings (SSSR count). The van der Waals surface area contributed by atoms with E-state index in [1.165, 1.54) is 11.0 Å². The van der Waals surface area contributed by atoms with Crippen LogP contribution in [0.15, 0.2) is 66.9 Å². The van der Waals surface area contributed by atoms with Crippen LogP contribution < -0.4 is 14.4 Å². The number of nitrogens with zero attached hydrogens (tertiary/aromatic N) is 2. The van der Waals surface area contributed by atoms with Gasteiger partial charge < -0.3 is 14.4 Å². The van der Waals surface area contributed by atoms with Gasteiger partial charge in [0.05, 0.1) is 28.6 Å². The first-order valence-corrected chi connectivity index (χ1v) is 13.0. The number of benzene rings is 3. The van der Waals surface area contributed by atoms with Crippen LogP contribution in [-0.2, 0) is 9.59 Å². The molecule has 0 radical (unpaired) electrons. The van der Waals surface area contributed by atoms with Gasteiger partial charge in [-0.1, -0.05) is 47.5 Å². The summed E-state index contributed by atoms with van der Waals surface area (Å²) in [6.45, 7) is 0.807. The number of anilines is 1. The predicted molar refractivity (Wildman–Crippen MR) is 142 cm³/mol. The van der Waals surface area contributed by atoms with Gasteiger partial charge in [0.2, 0.25) is 11.8 Å². The first-order chi connectivity index (χ1) is 18.4. The number of ketones is 1. The maximum Gasteiger partial charge on any atom is 0.240 e. The van der Waals surface area contributed by atoms with Crippen LogP contribution in [0.25, 0.3) is 6.08 Å². The molecule has 0 aliphatic carbocycles. The average Bonchev–Trinajstić information content (AvgIpc) is 3.40. The Balaban J connectivity index is 1.36. The summed E-state index contributed by atoms with van der Waals surface area (Å²) in [6.07, 6.45) is 3.72. The maximum absolute atomic E-state index is 14.1. The summed E-state index contributed by atoms with van der Waals surface area (Å²) in [5, 5.41) is 0.599. The Labute approximate surface area is 228 Å². The third-order valence-corrected chi connectivity index (χ3v) is 8.26. The molecule has 2 fully saturated rings. The molecule has 9 heteroatoms. The summed E-state index contributed by atoms with van der Waals surface area (Å²) in [5.74, 6) is -1.76. The van der Waals surface area contributed by atoms with E-state index in [-0.39, 0.29) is 22.3 Å². The maximum atomic E-state index is 14.1. The minimum atomic E-state index is -0.924. The van der Waals surface area contributed by atoms with Gasteiger partial charge in [-0.25, -0.2) is 4.90 Å². The zero-order valence-electron chi connectivity index (χ0n) is 19.8. The Morgan fingerprint density at radius 3 is 2.45 bits per heavy atom. The van der Waals surface area contributed by atoms with Crippen molar-refractivity contribution >= 4 is 52.6 Å². The number of carbonyl (C=O) groups excluding carboxylic acids is 3. The minimum Gasteiger partial charge on any atom is -0.486 e. The van der Waals surface area contributed by atoms with Gasteiger partial charge in [0, 0.05) is 22.9 Å². The van der Waals surface area contributed by atoms with E-state index in [2.05, 4.69) is 0 Å². The van der Waals surface area contributed by atoms with Gasteiger partial charge in [0.1, 0.15) is 19.3 Å². The van der Waals surface area contributed by atoms with Crippen molar-refractivity contribution in [2.75, 3.05) is 18.1 Å². The van der Waals surface area contributed by atoms with E-state index < -0.39 is 29.8 Å². The van der Waals surface area contributed by atoms with Gasteiger partial charge in [-0.05, 0) is 47.5 Å². The number of fused-ring (bicyclic) bond motifs is 6. The first kappa shape index (κ1) is 23.3. The SMILES string of the molecule is O=C(c1ccc(Cl)cc1Cl)[C@H]1[C@H]2C(=O)N(c3ccc4c(c3)OCCO4)C(=O)[C@@H]2[C@H]2c3ccccc3C=CN21. The molecule has 0 aromatic heterocycles. The van der Waals surface area contributed by atoms with Crippen LogP contribution >= 0.6 is 23.2 Å². The number of ether oxygens (including phenoxy) is 2. The van der Waals surface area contributed by atoms with Crippen molar-refractivity contribution in [3.05, 3.63) is 93.6 Å². The molecule has 0 N–H and O–H groups in total. The van der Waals surface area contributed by atoms with E-state index in [4.69, 9.17) is 32.7 Å². The fourth-order valence-corrected chi connectivity index (χ4v) is 6.63. The highest BCUT2D eigenvalue weighted by Gasteiger charge is 2.64. The summed E-state index contributed by atoms with van der Waals surface area (Å²) in [4.78, 5) is 45.2. The quantitative estimate of drug-likeness (QED) is 0.333. The Morgan fingerprint density at radius 1 is 0.868 bits per heavy atom. The van der Waals surface area contributed by atoms with E-state index in [1.807, 2.05) is 41.4 Å². The highest BCUT2D eigenvalue weighted by Crippen LogP contribution is 2.54. The van der Waals surface area contributed by atoms with Crippen molar-refractivity contribution in [2.45, 2.75) is 12.1 Å². The Bertz CT molecular complexity index is 1570. The molecule has 3 aromatic carbocycles.